The molecular formula is C24H20O4. The molecule has 0 unspecified atom stereocenters. The molecule has 0 aromatic heterocycles. The molecule has 28 heavy (non-hydrogen) atoms. The molecule has 0 amide bonds. The Kier molecular flexibility index (Phi) is 4.32. The first-order chi connectivity index (χ1) is 13.5. The molecule has 0 aliphatic rings. The standard InChI is InChI=1S/C24H20O4/c1-14(10-19-17-8-4-2-6-15(17)12-21(25)23(19)27)11-20-18-9-5-3-7-16(18)13-22(26)24(20)28/h2-9,12-13,25-28H,1,10-11H2. The third-order valence-electron chi connectivity index (χ3n) is 5.07. The van der Waals surface area contributed by atoms with Crippen LogP contribution >= 0.6 is 0 Å². The summed E-state index contributed by atoms with van der Waals surface area (Å²) in [4.78, 5) is 0. The van der Waals surface area contributed by atoms with Gasteiger partial charge in [-0.05, 0) is 46.5 Å². The van der Waals surface area contributed by atoms with E-state index in [-0.39, 0.29) is 23.0 Å². The van der Waals surface area contributed by atoms with Crippen molar-refractivity contribution in [1.29, 1.82) is 0 Å². The molecule has 0 aliphatic carbocycles. The summed E-state index contributed by atoms with van der Waals surface area (Å²) in [7, 11) is 0. The smallest absolute Gasteiger partial charge is 0.161 e. The summed E-state index contributed by atoms with van der Waals surface area (Å²) in [6.45, 7) is 4.11. The van der Waals surface area contributed by atoms with Gasteiger partial charge in [0.25, 0.3) is 0 Å². The minimum atomic E-state index is -0.174. The summed E-state index contributed by atoms with van der Waals surface area (Å²) < 4.78 is 0. The number of rotatable bonds is 4. The number of allylic oxidation sites excluding steroid dienone is 1. The van der Waals surface area contributed by atoms with Gasteiger partial charge in [0.05, 0.1) is 0 Å². The maximum Gasteiger partial charge on any atom is 0.161 e. The molecular weight excluding hydrogens is 352 g/mol. The zero-order valence-electron chi connectivity index (χ0n) is 15.2. The van der Waals surface area contributed by atoms with Gasteiger partial charge in [0.15, 0.2) is 23.0 Å². The predicted molar refractivity (Wildman–Crippen MR) is 111 cm³/mol. The molecule has 4 rings (SSSR count). The summed E-state index contributed by atoms with van der Waals surface area (Å²) in [5.41, 5.74) is 1.91. The molecule has 0 bridgehead atoms. The molecule has 4 aromatic carbocycles. The van der Waals surface area contributed by atoms with Crippen LogP contribution in [0, 0.1) is 0 Å². The lowest BCUT2D eigenvalue weighted by Gasteiger charge is -2.15. The highest BCUT2D eigenvalue weighted by Gasteiger charge is 2.16. The number of hydrogen-bond donors (Lipinski definition) is 4. The van der Waals surface area contributed by atoms with Gasteiger partial charge in [-0.15, -0.1) is 0 Å². The average molecular weight is 372 g/mol. The second-order valence-corrected chi connectivity index (χ2v) is 6.99. The van der Waals surface area contributed by atoms with Crippen molar-refractivity contribution in [2.24, 2.45) is 0 Å². The largest absolute Gasteiger partial charge is 0.504 e. The van der Waals surface area contributed by atoms with Gasteiger partial charge in [0.2, 0.25) is 0 Å². The topological polar surface area (TPSA) is 80.9 Å². The minimum absolute atomic E-state index is 0.162. The first-order valence-electron chi connectivity index (χ1n) is 8.97. The van der Waals surface area contributed by atoms with Crippen LogP contribution in [0.2, 0.25) is 0 Å². The van der Waals surface area contributed by atoms with Crippen LogP contribution in [0.25, 0.3) is 21.5 Å². The zero-order chi connectivity index (χ0) is 19.8. The minimum Gasteiger partial charge on any atom is -0.504 e. The molecule has 140 valence electrons. The molecule has 0 aliphatic heterocycles. The van der Waals surface area contributed by atoms with Crippen molar-refractivity contribution in [2.75, 3.05) is 0 Å². The van der Waals surface area contributed by atoms with Crippen molar-refractivity contribution in [3.63, 3.8) is 0 Å². The van der Waals surface area contributed by atoms with Crippen LogP contribution in [0.5, 0.6) is 23.0 Å². The van der Waals surface area contributed by atoms with E-state index in [1.54, 1.807) is 0 Å². The Morgan fingerprint density at radius 2 is 1.04 bits per heavy atom. The molecule has 4 nitrogen and oxygen atoms in total. The predicted octanol–water partition coefficient (Wildman–Crippen LogP) is 5.16. The van der Waals surface area contributed by atoms with Crippen LogP contribution in [0.4, 0.5) is 0 Å². The van der Waals surface area contributed by atoms with Crippen molar-refractivity contribution in [1.82, 2.24) is 0 Å². The molecule has 4 N–H and O–H groups in total. The highest BCUT2D eigenvalue weighted by molar-refractivity contribution is 5.91. The quantitative estimate of drug-likeness (QED) is 0.295. The summed E-state index contributed by atoms with van der Waals surface area (Å²) in [6, 6.07) is 18.1. The number of fused-ring (bicyclic) bond motifs is 2. The number of benzene rings is 4. The van der Waals surface area contributed by atoms with Gasteiger partial charge in [0.1, 0.15) is 0 Å². The molecule has 4 heteroatoms. The van der Waals surface area contributed by atoms with Crippen molar-refractivity contribution in [2.45, 2.75) is 12.8 Å². The molecule has 4 aromatic rings. The molecule has 0 saturated carbocycles. The van der Waals surface area contributed by atoms with Crippen LogP contribution in [0.3, 0.4) is 0 Å². The summed E-state index contributed by atoms with van der Waals surface area (Å²) in [5.74, 6) is -0.672. The van der Waals surface area contributed by atoms with E-state index in [1.807, 2.05) is 48.5 Å². The number of hydrogen-bond acceptors (Lipinski definition) is 4. The maximum atomic E-state index is 10.4. The van der Waals surface area contributed by atoms with Crippen LogP contribution < -0.4 is 0 Å². The third kappa shape index (κ3) is 2.99. The Morgan fingerprint density at radius 3 is 1.46 bits per heavy atom. The van der Waals surface area contributed by atoms with Gasteiger partial charge in [-0.1, -0.05) is 60.7 Å². The molecule has 0 saturated heterocycles. The van der Waals surface area contributed by atoms with E-state index in [9.17, 15) is 20.4 Å². The molecule has 0 spiro atoms. The monoisotopic (exact) mass is 372 g/mol. The van der Waals surface area contributed by atoms with Crippen molar-refractivity contribution >= 4 is 21.5 Å². The summed E-state index contributed by atoms with van der Waals surface area (Å²) >= 11 is 0. The SMILES string of the molecule is C=C(Cc1c(O)c(O)cc2ccccc12)Cc1c(O)c(O)cc2ccccc12. The number of phenolic OH excluding ortho intramolecular Hbond substituents is 4. The lowest BCUT2D eigenvalue weighted by atomic mass is 9.92. The normalized spacial score (nSPS) is 11.1. The van der Waals surface area contributed by atoms with Crippen molar-refractivity contribution < 1.29 is 20.4 Å². The fraction of sp³-hybridized carbons (Fsp3) is 0.0833. The highest BCUT2D eigenvalue weighted by Crippen LogP contribution is 2.40. The zero-order valence-corrected chi connectivity index (χ0v) is 15.2. The van der Waals surface area contributed by atoms with Crippen LogP contribution in [-0.2, 0) is 12.8 Å². The van der Waals surface area contributed by atoms with Gasteiger partial charge in [-0.3, -0.25) is 0 Å². The van der Waals surface area contributed by atoms with Crippen molar-refractivity contribution in [3.8, 4) is 23.0 Å². The van der Waals surface area contributed by atoms with E-state index in [0.29, 0.717) is 24.0 Å². The van der Waals surface area contributed by atoms with E-state index in [0.717, 1.165) is 27.1 Å². The number of phenols is 4. The lowest BCUT2D eigenvalue weighted by molar-refractivity contribution is 0.400. The number of aromatic hydroxyl groups is 4. The van der Waals surface area contributed by atoms with Crippen LogP contribution in [0.15, 0.2) is 72.8 Å². The van der Waals surface area contributed by atoms with Crippen LogP contribution in [-0.4, -0.2) is 20.4 Å². The Bertz CT molecular complexity index is 1130. The van der Waals surface area contributed by atoms with Gasteiger partial charge in [0, 0.05) is 11.1 Å². The fourth-order valence-corrected chi connectivity index (χ4v) is 3.71. The van der Waals surface area contributed by atoms with Crippen molar-refractivity contribution in [3.05, 3.63) is 83.9 Å². The van der Waals surface area contributed by atoms with E-state index in [2.05, 4.69) is 6.58 Å². The first kappa shape index (κ1) is 17.7. The molecule has 0 fully saturated rings. The van der Waals surface area contributed by atoms with Gasteiger partial charge >= 0.3 is 0 Å². The third-order valence-corrected chi connectivity index (χ3v) is 5.07. The Balaban J connectivity index is 1.74. The Hall–Kier alpha value is -3.66. The second kappa shape index (κ2) is 6.82. The van der Waals surface area contributed by atoms with E-state index < -0.39 is 0 Å². The maximum absolute atomic E-state index is 10.4. The van der Waals surface area contributed by atoms with Crippen LogP contribution in [0.1, 0.15) is 11.1 Å². The molecule has 0 heterocycles. The highest BCUT2D eigenvalue weighted by atomic mass is 16.3. The first-order valence-corrected chi connectivity index (χ1v) is 8.97. The van der Waals surface area contributed by atoms with E-state index in [4.69, 9.17) is 0 Å². The second-order valence-electron chi connectivity index (χ2n) is 6.99. The average Bonchev–Trinajstić information content (AvgIpc) is 2.69. The lowest BCUT2D eigenvalue weighted by Crippen LogP contribution is -1.98. The Labute approximate surface area is 162 Å². The fourth-order valence-electron chi connectivity index (χ4n) is 3.71. The molecule has 0 atom stereocenters. The van der Waals surface area contributed by atoms with E-state index in [1.165, 1.54) is 12.1 Å². The summed E-state index contributed by atoms with van der Waals surface area (Å²) in [6.07, 6.45) is 0.647. The van der Waals surface area contributed by atoms with Gasteiger partial charge in [-0.2, -0.15) is 0 Å². The van der Waals surface area contributed by atoms with E-state index >= 15 is 0 Å². The molecule has 0 radical (unpaired) electrons. The van der Waals surface area contributed by atoms with Gasteiger partial charge in [-0.25, -0.2) is 0 Å². The Morgan fingerprint density at radius 1 is 0.643 bits per heavy atom. The summed E-state index contributed by atoms with van der Waals surface area (Å²) in [5, 5.41) is 44.3. The van der Waals surface area contributed by atoms with Gasteiger partial charge < -0.3 is 20.4 Å².